The van der Waals surface area contributed by atoms with Crippen molar-refractivity contribution in [2.45, 2.75) is 131 Å². The molecule has 0 spiro atoms. The Balaban J connectivity index is 0.000000300. The third-order valence-electron chi connectivity index (χ3n) is 10.7. The van der Waals surface area contributed by atoms with E-state index in [1.54, 1.807) is 6.08 Å². The molecule has 6 rings (SSSR count). The fourth-order valence-corrected chi connectivity index (χ4v) is 8.08. The minimum absolute atomic E-state index is 0. The summed E-state index contributed by atoms with van der Waals surface area (Å²) in [6, 6.07) is 8.19. The number of hydrogen-bond donors (Lipinski definition) is 3. The van der Waals surface area contributed by atoms with Crippen LogP contribution in [-0.2, 0) is 18.9 Å². The molecule has 8 atom stereocenters. The first-order valence-corrected chi connectivity index (χ1v) is 20.2. The summed E-state index contributed by atoms with van der Waals surface area (Å²) in [5.74, 6) is -0.837. The van der Waals surface area contributed by atoms with Crippen molar-refractivity contribution >= 4 is 24.0 Å². The third kappa shape index (κ3) is 13.0. The minimum atomic E-state index is -0.766. The van der Waals surface area contributed by atoms with Gasteiger partial charge in [0.05, 0.1) is 18.3 Å². The number of aliphatic hydroxyl groups is 1. The van der Waals surface area contributed by atoms with Gasteiger partial charge in [0.1, 0.15) is 12.2 Å². The van der Waals surface area contributed by atoms with E-state index in [0.29, 0.717) is 25.1 Å². The number of carbonyl (C=O) groups is 2. The fraction of sp³-hybridized carbons (Fsp3) is 0.532. The first-order chi connectivity index (χ1) is 26.3. The van der Waals surface area contributed by atoms with Gasteiger partial charge < -0.3 is 40.2 Å². The number of aryl methyl sites for hydroxylation is 4. The van der Waals surface area contributed by atoms with Gasteiger partial charge in [-0.2, -0.15) is 0 Å². The van der Waals surface area contributed by atoms with Gasteiger partial charge in [0, 0.05) is 30.1 Å². The maximum absolute atomic E-state index is 12.9. The van der Waals surface area contributed by atoms with E-state index in [4.69, 9.17) is 18.9 Å². The molecule has 0 radical (unpaired) electrons. The van der Waals surface area contributed by atoms with Crippen molar-refractivity contribution in [1.29, 1.82) is 0 Å². The van der Waals surface area contributed by atoms with Crippen LogP contribution in [-0.4, -0.2) is 77.6 Å². The average Bonchev–Trinajstić information content (AvgIpc) is 3.59. The Bertz CT molecular complexity index is 1730. The van der Waals surface area contributed by atoms with Crippen molar-refractivity contribution in [1.82, 2.24) is 10.6 Å². The van der Waals surface area contributed by atoms with Crippen molar-refractivity contribution in [3.05, 3.63) is 105 Å². The van der Waals surface area contributed by atoms with Crippen molar-refractivity contribution in [2.24, 2.45) is 17.8 Å². The molecule has 2 fully saturated rings. The van der Waals surface area contributed by atoms with Gasteiger partial charge in [-0.3, -0.25) is 9.59 Å². The summed E-state index contributed by atoms with van der Waals surface area (Å²) < 4.78 is 24.4. The van der Waals surface area contributed by atoms with Gasteiger partial charge in [-0.15, -0.1) is 0 Å². The number of rotatable bonds is 0. The van der Waals surface area contributed by atoms with E-state index in [1.165, 1.54) is 0 Å². The first-order valence-electron chi connectivity index (χ1n) is 20.2. The monoisotopic (exact) mass is 808 g/mol. The van der Waals surface area contributed by atoms with E-state index >= 15 is 0 Å². The number of amides is 2. The zero-order valence-corrected chi connectivity index (χ0v) is 38.7. The topological polar surface area (TPSA) is 145 Å². The molecule has 0 saturated carbocycles. The maximum Gasteiger partial charge on any atom is 1.00 e. The Morgan fingerprint density at radius 3 is 1.50 bits per heavy atom. The number of ether oxygens (including phenoxy) is 4. The molecule has 2 aromatic carbocycles. The minimum Gasteiger partial charge on any atom is -0.870 e. The van der Waals surface area contributed by atoms with Gasteiger partial charge in [-0.05, 0) is 102 Å². The Labute approximate surface area is 368 Å². The summed E-state index contributed by atoms with van der Waals surface area (Å²) in [6.45, 7) is 23.1. The van der Waals surface area contributed by atoms with Gasteiger partial charge in [0.15, 0.2) is 11.6 Å². The van der Waals surface area contributed by atoms with Crippen LogP contribution in [0.3, 0.4) is 0 Å². The molecule has 11 heteroatoms. The van der Waals surface area contributed by atoms with Gasteiger partial charge in [0.2, 0.25) is 0 Å². The smallest absolute Gasteiger partial charge is 0.870 e. The molecule has 2 amide bonds. The van der Waals surface area contributed by atoms with Crippen LogP contribution in [0, 0.1) is 45.4 Å². The van der Waals surface area contributed by atoms with E-state index < -0.39 is 23.8 Å². The molecule has 2 saturated heterocycles. The summed E-state index contributed by atoms with van der Waals surface area (Å²) >= 11 is 0. The van der Waals surface area contributed by atoms with E-state index in [2.05, 4.69) is 67.8 Å². The largest absolute Gasteiger partial charge is 1.00 e. The molecule has 0 bridgehead atoms. The summed E-state index contributed by atoms with van der Waals surface area (Å²) in [7, 11) is 0. The summed E-state index contributed by atoms with van der Waals surface area (Å²) in [4.78, 5) is 25.7. The zero-order valence-electron chi connectivity index (χ0n) is 36.7. The molecular formula is C47H65N2NaO8. The van der Waals surface area contributed by atoms with E-state index in [9.17, 15) is 14.7 Å². The normalized spacial score (nSPS) is 31.4. The predicted octanol–water partition coefficient (Wildman–Crippen LogP) is 5.15. The van der Waals surface area contributed by atoms with Crippen LogP contribution < -0.4 is 40.2 Å². The fourth-order valence-electron chi connectivity index (χ4n) is 8.08. The summed E-state index contributed by atoms with van der Waals surface area (Å²) in [5.41, 5.74) is 7.53. The summed E-state index contributed by atoms with van der Waals surface area (Å²) in [5, 5.41) is 16.7. The van der Waals surface area contributed by atoms with Crippen LogP contribution in [0.4, 0.5) is 0 Å². The standard InChI is InChI=1S/C24H33NO3.C23H31NO4.Na.H2O/c1-15-10-11-17(3)22-20(27-24(5,6)28-22)9-7-8-19-13-16(2)12-18(4)21(19)23(26)25-14-15;1-14-9-10-18(25)21-19(27-23(4,5)28-21)8-6-7-17-12-15(2)11-16(3)20(17)22(26)24-13-14;;/h7-8,10-13,15,17,20,22H,9,14H2,1-6H3,(H,25,26);6-7,9-12,14,18-19,21,25H,8,13H2,1-5H3,(H,24,26);;1H2/q;;+1;/p-1/b8-7+,11-10-;7-6+,10-9-;;/t15-,17?,20+,22?;14-,18?,19+,21?;;/m11../s1. The molecule has 0 aliphatic carbocycles. The number of fused-ring (bicyclic) bond motifs is 4. The van der Waals surface area contributed by atoms with Crippen LogP contribution in [0.15, 0.2) is 60.7 Å². The second-order valence-corrected chi connectivity index (χ2v) is 17.1. The number of nitrogens with one attached hydrogen (secondary N) is 2. The Kier molecular flexibility index (Phi) is 18.0. The van der Waals surface area contributed by atoms with Crippen molar-refractivity contribution in [3.8, 4) is 0 Å². The van der Waals surface area contributed by atoms with Crippen molar-refractivity contribution in [3.63, 3.8) is 0 Å². The van der Waals surface area contributed by atoms with Crippen LogP contribution in [0.25, 0.3) is 12.2 Å². The van der Waals surface area contributed by atoms with Crippen LogP contribution in [0.5, 0.6) is 0 Å². The third-order valence-corrected chi connectivity index (χ3v) is 10.7. The molecular weight excluding hydrogens is 744 g/mol. The molecule has 4 aliphatic heterocycles. The SMILES string of the molecule is Cc1cc(C)c2c(c1)/C=C/C[C@@H]1OC(C)(C)OC1C(C)/C=C\[C@@H](C)CNC2=O.Cc1cc(C)c2c(c1)/C=C/C[C@@H]1OC(C)(C)OC1C(O)/C=C\[C@@H](C)CNC2=O.[Na+].[OH-]. The molecule has 4 unspecified atom stereocenters. The Hall–Kier alpha value is -2.90. The number of hydrogen-bond acceptors (Lipinski definition) is 8. The van der Waals surface area contributed by atoms with E-state index in [1.807, 2.05) is 85.8 Å². The molecule has 58 heavy (non-hydrogen) atoms. The van der Waals surface area contributed by atoms with E-state index in [-0.39, 0.29) is 82.9 Å². The molecule has 4 N–H and O–H groups in total. The van der Waals surface area contributed by atoms with Crippen LogP contribution in [0.1, 0.15) is 115 Å². The summed E-state index contributed by atoms with van der Waals surface area (Å²) in [6.07, 6.45) is 16.0. The van der Waals surface area contributed by atoms with Crippen molar-refractivity contribution < 1.29 is 68.7 Å². The Morgan fingerprint density at radius 1 is 0.621 bits per heavy atom. The second kappa shape index (κ2) is 21.1. The molecule has 10 nitrogen and oxygen atoms in total. The van der Waals surface area contributed by atoms with Crippen LogP contribution in [0.2, 0.25) is 0 Å². The van der Waals surface area contributed by atoms with Gasteiger partial charge in [0.25, 0.3) is 11.8 Å². The Morgan fingerprint density at radius 2 is 1.03 bits per heavy atom. The predicted molar refractivity (Wildman–Crippen MR) is 225 cm³/mol. The number of benzene rings is 2. The van der Waals surface area contributed by atoms with Gasteiger partial charge >= 0.3 is 29.6 Å². The number of carbonyl (C=O) groups excluding carboxylic acids is 2. The van der Waals surface area contributed by atoms with Gasteiger partial charge in [-0.1, -0.05) is 105 Å². The molecule has 2 aromatic rings. The molecule has 4 aliphatic rings. The zero-order chi connectivity index (χ0) is 40.9. The van der Waals surface area contributed by atoms with Crippen LogP contribution >= 0.6 is 0 Å². The van der Waals surface area contributed by atoms with Gasteiger partial charge in [-0.25, -0.2) is 0 Å². The van der Waals surface area contributed by atoms with E-state index in [0.717, 1.165) is 45.4 Å². The quantitative estimate of drug-likeness (QED) is 0.245. The maximum atomic E-state index is 12.9. The molecule has 0 aromatic heterocycles. The van der Waals surface area contributed by atoms with Crippen molar-refractivity contribution in [2.75, 3.05) is 13.1 Å². The average molecular weight is 809 g/mol. The second-order valence-electron chi connectivity index (χ2n) is 17.1. The molecule has 4 heterocycles. The first kappa shape index (κ1) is 49.5. The number of aliphatic hydroxyl groups excluding tert-OH is 1. The molecule has 312 valence electrons.